The summed E-state index contributed by atoms with van der Waals surface area (Å²) in [5.74, 6) is -0.199. The van der Waals surface area contributed by atoms with E-state index < -0.39 is 23.9 Å². The molecule has 1 atom stereocenters. The predicted octanol–water partition coefficient (Wildman–Crippen LogP) is 4.94. The van der Waals surface area contributed by atoms with Crippen molar-refractivity contribution in [2.45, 2.75) is 62.6 Å². The number of carbonyl (C=O) groups is 2. The second-order valence-corrected chi connectivity index (χ2v) is 10.4. The number of piperidine rings is 1. The van der Waals surface area contributed by atoms with Crippen LogP contribution in [0.4, 0.5) is 29.3 Å². The van der Waals surface area contributed by atoms with E-state index in [1.165, 1.54) is 50.8 Å². The Kier molecular flexibility index (Phi) is 7.11. The largest absolute Gasteiger partial charge is 0.433 e. The average Bonchev–Trinajstić information content (AvgIpc) is 3.36. The third-order valence-electron chi connectivity index (χ3n) is 7.88. The number of amides is 3. The van der Waals surface area contributed by atoms with Crippen LogP contribution in [0, 0.1) is 0 Å². The lowest BCUT2D eigenvalue weighted by atomic mass is 9.64. The van der Waals surface area contributed by atoms with E-state index in [1.54, 1.807) is 4.90 Å². The molecule has 2 aliphatic heterocycles. The van der Waals surface area contributed by atoms with Crippen LogP contribution in [0.2, 0.25) is 0 Å². The highest BCUT2D eigenvalue weighted by Gasteiger charge is 2.40. The van der Waals surface area contributed by atoms with E-state index in [2.05, 4.69) is 32.7 Å². The number of halogens is 3. The van der Waals surface area contributed by atoms with Crippen LogP contribution in [0.15, 0.2) is 42.6 Å². The van der Waals surface area contributed by atoms with Gasteiger partial charge in [-0.1, -0.05) is 18.6 Å². The molecule has 3 aliphatic rings. The Morgan fingerprint density at radius 1 is 1.00 bits per heavy atom. The molecule has 5 rings (SSSR count). The Labute approximate surface area is 214 Å². The van der Waals surface area contributed by atoms with Crippen molar-refractivity contribution in [2.24, 2.45) is 0 Å². The molecule has 198 valence electrons. The monoisotopic (exact) mass is 515 g/mol. The number of likely N-dealkylation sites (tertiary alicyclic amines) is 1. The van der Waals surface area contributed by atoms with Crippen LogP contribution in [-0.2, 0) is 16.4 Å². The molecule has 7 nitrogen and oxygen atoms in total. The number of anilines is 2. The second-order valence-electron chi connectivity index (χ2n) is 10.4. The molecule has 37 heavy (non-hydrogen) atoms. The maximum atomic E-state index is 13.2. The zero-order valence-electron chi connectivity index (χ0n) is 20.7. The summed E-state index contributed by atoms with van der Waals surface area (Å²) in [6, 6.07) is 8.87. The molecule has 1 aromatic heterocycles. The summed E-state index contributed by atoms with van der Waals surface area (Å²) in [7, 11) is 0. The number of nitrogens with zero attached hydrogens (tertiary/aromatic N) is 3. The molecule has 1 saturated carbocycles. The van der Waals surface area contributed by atoms with Crippen LogP contribution < -0.4 is 15.5 Å². The molecular weight excluding hydrogens is 483 g/mol. The van der Waals surface area contributed by atoms with Crippen LogP contribution in [-0.4, -0.2) is 54.0 Å². The van der Waals surface area contributed by atoms with Crippen molar-refractivity contribution in [3.05, 3.63) is 53.9 Å². The SMILES string of the molecule is O=C(Nc1ccc(C(F)(F)F)nc1)NC1CCCN(c2ccc(C3(CN4CCCC4)CCC3)cc2)C1=O. The second kappa shape index (κ2) is 10.3. The molecule has 10 heteroatoms. The Bertz CT molecular complexity index is 1110. The molecule has 2 N–H and O–H groups in total. The van der Waals surface area contributed by atoms with Gasteiger partial charge in [0.25, 0.3) is 0 Å². The maximum absolute atomic E-state index is 13.2. The average molecular weight is 516 g/mol. The van der Waals surface area contributed by atoms with Gasteiger partial charge in [-0.2, -0.15) is 13.2 Å². The van der Waals surface area contributed by atoms with Crippen LogP contribution in [0.25, 0.3) is 0 Å². The minimum absolute atomic E-state index is 0.111. The minimum Gasteiger partial charge on any atom is -0.326 e. The maximum Gasteiger partial charge on any atom is 0.433 e. The molecule has 1 aromatic carbocycles. The number of rotatable bonds is 6. The third-order valence-corrected chi connectivity index (χ3v) is 7.88. The number of benzene rings is 1. The van der Waals surface area contributed by atoms with Gasteiger partial charge in [-0.05, 0) is 81.4 Å². The molecule has 1 aliphatic carbocycles. The lowest BCUT2D eigenvalue weighted by Gasteiger charge is -2.45. The Hall–Kier alpha value is -3.14. The van der Waals surface area contributed by atoms with E-state index in [1.807, 2.05) is 12.1 Å². The fraction of sp³-hybridized carbons (Fsp3) is 0.519. The number of pyridine rings is 1. The van der Waals surface area contributed by atoms with E-state index in [9.17, 15) is 22.8 Å². The highest BCUT2D eigenvalue weighted by molar-refractivity contribution is 6.01. The molecule has 0 radical (unpaired) electrons. The lowest BCUT2D eigenvalue weighted by Crippen LogP contribution is -2.53. The van der Waals surface area contributed by atoms with Gasteiger partial charge in [0.1, 0.15) is 11.7 Å². The van der Waals surface area contributed by atoms with Crippen molar-refractivity contribution in [3.8, 4) is 0 Å². The van der Waals surface area contributed by atoms with Gasteiger partial charge in [0, 0.05) is 24.2 Å². The number of nitrogens with one attached hydrogen (secondary N) is 2. The van der Waals surface area contributed by atoms with Crippen molar-refractivity contribution < 1.29 is 22.8 Å². The van der Waals surface area contributed by atoms with Gasteiger partial charge < -0.3 is 20.4 Å². The van der Waals surface area contributed by atoms with Crippen LogP contribution in [0.5, 0.6) is 0 Å². The first-order valence-corrected chi connectivity index (χ1v) is 13.0. The summed E-state index contributed by atoms with van der Waals surface area (Å²) in [6.45, 7) is 4.03. The van der Waals surface area contributed by atoms with Gasteiger partial charge in [-0.15, -0.1) is 0 Å². The van der Waals surface area contributed by atoms with Gasteiger partial charge >= 0.3 is 12.2 Å². The third kappa shape index (κ3) is 5.58. The number of aromatic nitrogens is 1. The first-order valence-electron chi connectivity index (χ1n) is 13.0. The summed E-state index contributed by atoms with van der Waals surface area (Å²) >= 11 is 0. The van der Waals surface area contributed by atoms with Crippen molar-refractivity contribution in [1.29, 1.82) is 0 Å². The summed E-state index contributed by atoms with van der Waals surface area (Å²) in [6.07, 6.45) is 3.80. The van der Waals surface area contributed by atoms with Gasteiger partial charge in [0.15, 0.2) is 0 Å². The van der Waals surface area contributed by atoms with E-state index in [-0.39, 0.29) is 17.0 Å². The summed E-state index contributed by atoms with van der Waals surface area (Å²) in [5, 5.41) is 5.11. The lowest BCUT2D eigenvalue weighted by molar-refractivity contribution is -0.141. The van der Waals surface area contributed by atoms with Crippen molar-refractivity contribution >= 4 is 23.3 Å². The van der Waals surface area contributed by atoms with Gasteiger partial charge in [0.05, 0.1) is 11.9 Å². The van der Waals surface area contributed by atoms with Gasteiger partial charge in [0.2, 0.25) is 5.91 Å². The van der Waals surface area contributed by atoms with Crippen LogP contribution in [0.1, 0.15) is 56.2 Å². The fourth-order valence-corrected chi connectivity index (χ4v) is 5.73. The zero-order valence-corrected chi connectivity index (χ0v) is 20.7. The van der Waals surface area contributed by atoms with Crippen LogP contribution in [0.3, 0.4) is 0 Å². The summed E-state index contributed by atoms with van der Waals surface area (Å²) in [4.78, 5) is 33.2. The molecule has 3 amide bonds. The smallest absolute Gasteiger partial charge is 0.326 e. The van der Waals surface area contributed by atoms with Crippen LogP contribution >= 0.6 is 0 Å². The number of carbonyl (C=O) groups excluding carboxylic acids is 2. The minimum atomic E-state index is -4.55. The molecule has 2 saturated heterocycles. The zero-order chi connectivity index (χ0) is 26.0. The molecule has 2 aromatic rings. The van der Waals surface area contributed by atoms with E-state index in [0.29, 0.717) is 13.0 Å². The number of alkyl halides is 3. The van der Waals surface area contributed by atoms with Gasteiger partial charge in [-0.3, -0.25) is 4.79 Å². The number of urea groups is 1. The number of hydrogen-bond acceptors (Lipinski definition) is 4. The molecule has 0 spiro atoms. The summed E-state index contributed by atoms with van der Waals surface area (Å²) < 4.78 is 38.1. The molecule has 0 bridgehead atoms. The predicted molar refractivity (Wildman–Crippen MR) is 134 cm³/mol. The van der Waals surface area contributed by atoms with E-state index >= 15 is 0 Å². The molecule has 1 unspecified atom stereocenters. The number of hydrogen-bond donors (Lipinski definition) is 2. The van der Waals surface area contributed by atoms with Gasteiger partial charge in [-0.25, -0.2) is 9.78 Å². The quantitative estimate of drug-likeness (QED) is 0.572. The first-order chi connectivity index (χ1) is 17.7. The standard InChI is InChI=1S/C27H32F3N5O2/c28-27(29,30)23-11-8-20(17-31-23)32-25(37)33-22-5-3-16-35(24(22)36)21-9-6-19(7-10-21)26(12-4-13-26)18-34-14-1-2-15-34/h6-11,17,22H,1-5,12-16,18H2,(H2,32,33,37). The van der Waals surface area contributed by atoms with Crippen molar-refractivity contribution in [1.82, 2.24) is 15.2 Å². The Morgan fingerprint density at radius 2 is 1.73 bits per heavy atom. The normalized spacial score (nSPS) is 22.0. The first kappa shape index (κ1) is 25.5. The molecular formula is C27H32F3N5O2. The molecule has 3 heterocycles. The Morgan fingerprint density at radius 3 is 2.32 bits per heavy atom. The highest BCUT2D eigenvalue weighted by atomic mass is 19.4. The summed E-state index contributed by atoms with van der Waals surface area (Å²) in [5.41, 5.74) is 1.42. The molecule has 3 fully saturated rings. The topological polar surface area (TPSA) is 77.6 Å². The van der Waals surface area contributed by atoms with E-state index in [4.69, 9.17) is 0 Å². The highest BCUT2D eigenvalue weighted by Crippen LogP contribution is 2.45. The fourth-order valence-electron chi connectivity index (χ4n) is 5.73. The van der Waals surface area contributed by atoms with Crippen molar-refractivity contribution in [2.75, 3.05) is 36.4 Å². The Balaban J connectivity index is 1.20. The van der Waals surface area contributed by atoms with E-state index in [0.717, 1.165) is 37.0 Å². The van der Waals surface area contributed by atoms with Crippen molar-refractivity contribution in [3.63, 3.8) is 0 Å².